The van der Waals surface area contributed by atoms with Crippen LogP contribution in [0.5, 0.6) is 0 Å². The van der Waals surface area contributed by atoms with Crippen molar-refractivity contribution in [3.63, 3.8) is 0 Å². The highest BCUT2D eigenvalue weighted by Gasteiger charge is 2.15. The summed E-state index contributed by atoms with van der Waals surface area (Å²) in [5.41, 5.74) is 1.02. The molecule has 0 radical (unpaired) electrons. The van der Waals surface area contributed by atoms with Crippen LogP contribution in [0.2, 0.25) is 0 Å². The molecule has 128 valence electrons. The summed E-state index contributed by atoms with van der Waals surface area (Å²) in [6.45, 7) is 5.49. The lowest BCUT2D eigenvalue weighted by atomic mass is 10.2. The van der Waals surface area contributed by atoms with E-state index in [0.29, 0.717) is 26.8 Å². The minimum atomic E-state index is -0.382. The highest BCUT2D eigenvalue weighted by Crippen LogP contribution is 2.32. The number of halogens is 2. The number of esters is 1. The van der Waals surface area contributed by atoms with Gasteiger partial charge < -0.3 is 15.4 Å². The average Bonchev–Trinajstić information content (AvgIpc) is 2.52. The van der Waals surface area contributed by atoms with Gasteiger partial charge >= 0.3 is 5.97 Å². The van der Waals surface area contributed by atoms with Gasteiger partial charge in [-0.15, -0.1) is 0 Å². The summed E-state index contributed by atoms with van der Waals surface area (Å²) >= 11 is 6.77. The van der Waals surface area contributed by atoms with Crippen molar-refractivity contribution in [2.24, 2.45) is 0 Å². The van der Waals surface area contributed by atoms with E-state index in [1.54, 1.807) is 12.1 Å². The first kappa shape index (κ1) is 20.1. The molecule has 0 aromatic heterocycles. The fraction of sp³-hybridized carbons (Fsp3) is 0.500. The van der Waals surface area contributed by atoms with E-state index in [1.807, 2.05) is 6.92 Å². The summed E-state index contributed by atoms with van der Waals surface area (Å²) in [5, 5.41) is 5.90. The lowest BCUT2D eigenvalue weighted by molar-refractivity contribution is -0.115. The van der Waals surface area contributed by atoms with Crippen molar-refractivity contribution in [1.82, 2.24) is 5.32 Å². The molecule has 7 heteroatoms. The molecular weight excluding hydrogens is 428 g/mol. The smallest absolute Gasteiger partial charge is 0.338 e. The first-order valence-electron chi connectivity index (χ1n) is 7.66. The van der Waals surface area contributed by atoms with Crippen molar-refractivity contribution >= 4 is 49.4 Å². The van der Waals surface area contributed by atoms with E-state index in [4.69, 9.17) is 4.74 Å². The molecule has 0 aliphatic heterocycles. The Morgan fingerprint density at radius 2 is 1.78 bits per heavy atom. The Hall–Kier alpha value is -0.920. The topological polar surface area (TPSA) is 67.4 Å². The van der Waals surface area contributed by atoms with Gasteiger partial charge in [-0.3, -0.25) is 4.79 Å². The normalized spacial score (nSPS) is 10.4. The van der Waals surface area contributed by atoms with E-state index < -0.39 is 0 Å². The van der Waals surface area contributed by atoms with Gasteiger partial charge in [-0.1, -0.05) is 20.3 Å². The lowest BCUT2D eigenvalue weighted by Crippen LogP contribution is -2.29. The van der Waals surface area contributed by atoms with Crippen LogP contribution in [0.3, 0.4) is 0 Å². The van der Waals surface area contributed by atoms with Crippen LogP contribution in [0.4, 0.5) is 5.69 Å². The Labute approximate surface area is 153 Å². The molecule has 0 heterocycles. The molecule has 0 aliphatic rings. The van der Waals surface area contributed by atoms with E-state index in [1.165, 1.54) is 0 Å². The number of hydrogen-bond acceptors (Lipinski definition) is 4. The molecule has 0 fully saturated rings. The maximum atomic E-state index is 11.9. The number of carbonyl (C=O) groups excluding carboxylic acids is 2. The van der Waals surface area contributed by atoms with Crippen molar-refractivity contribution < 1.29 is 14.3 Å². The van der Waals surface area contributed by atoms with Crippen LogP contribution in [0.25, 0.3) is 0 Å². The molecule has 0 saturated carbocycles. The van der Waals surface area contributed by atoms with Gasteiger partial charge in [0.05, 0.1) is 24.4 Å². The lowest BCUT2D eigenvalue weighted by Gasteiger charge is -2.12. The summed E-state index contributed by atoms with van der Waals surface area (Å²) in [5.74, 6) is -0.517. The molecule has 0 aliphatic carbocycles. The Bertz CT molecular complexity index is 527. The number of benzene rings is 1. The van der Waals surface area contributed by atoms with E-state index >= 15 is 0 Å². The SMILES string of the molecule is CCCCNCC(=O)Nc1c(Br)cc(C(=O)OCCC)cc1Br. The van der Waals surface area contributed by atoms with Crippen molar-refractivity contribution in [1.29, 1.82) is 0 Å². The van der Waals surface area contributed by atoms with Crippen LogP contribution in [-0.4, -0.2) is 31.6 Å². The Morgan fingerprint density at radius 3 is 2.35 bits per heavy atom. The summed E-state index contributed by atoms with van der Waals surface area (Å²) < 4.78 is 6.35. The number of nitrogens with one attached hydrogen (secondary N) is 2. The van der Waals surface area contributed by atoms with Crippen molar-refractivity contribution in [3.8, 4) is 0 Å². The molecule has 1 rings (SSSR count). The highest BCUT2D eigenvalue weighted by molar-refractivity contribution is 9.11. The maximum absolute atomic E-state index is 11.9. The largest absolute Gasteiger partial charge is 0.462 e. The minimum absolute atomic E-state index is 0.135. The highest BCUT2D eigenvalue weighted by atomic mass is 79.9. The van der Waals surface area contributed by atoms with Crippen LogP contribution < -0.4 is 10.6 Å². The Kier molecular flexibility index (Phi) is 9.43. The Balaban J connectivity index is 2.70. The second-order valence-corrected chi connectivity index (χ2v) is 6.74. The molecule has 23 heavy (non-hydrogen) atoms. The van der Waals surface area contributed by atoms with Crippen LogP contribution in [0, 0.1) is 0 Å². The third-order valence-corrected chi connectivity index (χ3v) is 4.22. The standard InChI is InChI=1S/C16H22Br2N2O3/c1-3-5-6-19-10-14(21)20-15-12(17)8-11(9-13(15)18)16(22)23-7-4-2/h8-9,19H,3-7,10H2,1-2H3,(H,20,21). The Morgan fingerprint density at radius 1 is 1.13 bits per heavy atom. The molecule has 0 spiro atoms. The number of hydrogen-bond donors (Lipinski definition) is 2. The molecule has 0 unspecified atom stereocenters. The molecule has 5 nitrogen and oxygen atoms in total. The molecule has 0 saturated heterocycles. The number of carbonyl (C=O) groups is 2. The molecule has 2 N–H and O–H groups in total. The quantitative estimate of drug-likeness (QED) is 0.439. The predicted molar refractivity (Wildman–Crippen MR) is 98.8 cm³/mol. The second kappa shape index (κ2) is 10.8. The van der Waals surface area contributed by atoms with Crippen LogP contribution in [0.15, 0.2) is 21.1 Å². The molecule has 1 amide bonds. The zero-order chi connectivity index (χ0) is 17.2. The van der Waals surface area contributed by atoms with Gasteiger partial charge in [0.15, 0.2) is 0 Å². The third-order valence-electron chi connectivity index (χ3n) is 2.97. The van der Waals surface area contributed by atoms with Crippen molar-refractivity contribution in [3.05, 3.63) is 26.6 Å². The fourth-order valence-corrected chi connectivity index (χ4v) is 3.16. The van der Waals surface area contributed by atoms with Crippen LogP contribution in [0.1, 0.15) is 43.5 Å². The predicted octanol–water partition coefficient (Wildman–Crippen LogP) is 4.11. The second-order valence-electron chi connectivity index (χ2n) is 5.03. The summed E-state index contributed by atoms with van der Waals surface area (Å²) in [6, 6.07) is 3.28. The summed E-state index contributed by atoms with van der Waals surface area (Å²) in [6.07, 6.45) is 2.89. The van der Waals surface area contributed by atoms with Crippen LogP contribution in [-0.2, 0) is 9.53 Å². The van der Waals surface area contributed by atoms with E-state index in [9.17, 15) is 9.59 Å². The average molecular weight is 450 g/mol. The first-order chi connectivity index (χ1) is 11.0. The van der Waals surface area contributed by atoms with Gasteiger partial charge in [-0.05, 0) is 63.4 Å². The summed E-state index contributed by atoms with van der Waals surface area (Å²) in [4.78, 5) is 23.8. The van der Waals surface area contributed by atoms with Crippen LogP contribution >= 0.6 is 31.9 Å². The molecule has 1 aromatic rings. The number of ether oxygens (including phenoxy) is 1. The van der Waals surface area contributed by atoms with Crippen molar-refractivity contribution in [2.45, 2.75) is 33.1 Å². The van der Waals surface area contributed by atoms with Crippen molar-refractivity contribution in [2.75, 3.05) is 25.0 Å². The maximum Gasteiger partial charge on any atom is 0.338 e. The van der Waals surface area contributed by atoms with Gasteiger partial charge in [-0.2, -0.15) is 0 Å². The molecule has 0 bridgehead atoms. The number of rotatable bonds is 9. The molecular formula is C16H22Br2N2O3. The number of unbranched alkanes of at least 4 members (excludes halogenated alkanes) is 1. The number of anilines is 1. The van der Waals surface area contributed by atoms with E-state index in [0.717, 1.165) is 25.8 Å². The molecule has 1 aromatic carbocycles. The first-order valence-corrected chi connectivity index (χ1v) is 9.24. The fourth-order valence-electron chi connectivity index (χ4n) is 1.78. The number of amides is 1. The minimum Gasteiger partial charge on any atom is -0.462 e. The van der Waals surface area contributed by atoms with Gasteiger partial charge in [0.25, 0.3) is 0 Å². The van der Waals surface area contributed by atoms with E-state index in [-0.39, 0.29) is 18.4 Å². The van der Waals surface area contributed by atoms with Gasteiger partial charge in [0, 0.05) is 8.95 Å². The van der Waals surface area contributed by atoms with Gasteiger partial charge in [0.1, 0.15) is 0 Å². The summed E-state index contributed by atoms with van der Waals surface area (Å²) in [7, 11) is 0. The zero-order valence-electron chi connectivity index (χ0n) is 13.4. The monoisotopic (exact) mass is 448 g/mol. The third kappa shape index (κ3) is 7.01. The zero-order valence-corrected chi connectivity index (χ0v) is 16.6. The molecule has 0 atom stereocenters. The van der Waals surface area contributed by atoms with E-state index in [2.05, 4.69) is 49.4 Å². The van der Waals surface area contributed by atoms with Gasteiger partial charge in [-0.25, -0.2) is 4.79 Å². The van der Waals surface area contributed by atoms with Gasteiger partial charge in [0.2, 0.25) is 5.91 Å².